The van der Waals surface area contributed by atoms with Crippen molar-refractivity contribution in [3.05, 3.63) is 87.3 Å². The average Bonchev–Trinajstić information content (AvgIpc) is 3.02. The molecule has 0 bridgehead atoms. The van der Waals surface area contributed by atoms with Crippen molar-refractivity contribution in [2.24, 2.45) is 0 Å². The summed E-state index contributed by atoms with van der Waals surface area (Å²) in [5.41, 5.74) is 4.52. The monoisotopic (exact) mass is 360 g/mol. The highest BCUT2D eigenvalue weighted by Gasteiger charge is 2.16. The first-order chi connectivity index (χ1) is 12.7. The van der Waals surface area contributed by atoms with Gasteiger partial charge in [0.1, 0.15) is 4.83 Å². The van der Waals surface area contributed by atoms with Gasteiger partial charge in [-0.15, -0.1) is 11.3 Å². The van der Waals surface area contributed by atoms with Gasteiger partial charge in [0.05, 0.1) is 18.3 Å². The third kappa shape index (κ3) is 2.97. The smallest absolute Gasteiger partial charge is 0.263 e. The minimum atomic E-state index is 0.0257. The van der Waals surface area contributed by atoms with Crippen LogP contribution in [0.4, 0.5) is 0 Å². The molecule has 0 N–H and O–H groups in total. The lowest BCUT2D eigenvalue weighted by Crippen LogP contribution is -2.21. The summed E-state index contributed by atoms with van der Waals surface area (Å²) >= 11 is 1.58. The van der Waals surface area contributed by atoms with Gasteiger partial charge in [0.15, 0.2) is 0 Å². The zero-order chi connectivity index (χ0) is 18.1. The Balaban J connectivity index is 1.82. The van der Waals surface area contributed by atoms with E-state index in [0.29, 0.717) is 6.54 Å². The molecule has 0 spiro atoms. The van der Waals surface area contributed by atoms with Gasteiger partial charge in [-0.3, -0.25) is 9.36 Å². The van der Waals surface area contributed by atoms with Crippen LogP contribution in [0.25, 0.3) is 21.3 Å². The fourth-order valence-corrected chi connectivity index (χ4v) is 4.28. The van der Waals surface area contributed by atoms with Crippen LogP contribution in [0.2, 0.25) is 0 Å². The van der Waals surface area contributed by atoms with Crippen LogP contribution in [0.15, 0.2) is 65.7 Å². The molecule has 26 heavy (non-hydrogen) atoms. The predicted octanol–water partition coefficient (Wildman–Crippen LogP) is 5.04. The van der Waals surface area contributed by atoms with Crippen LogP contribution >= 0.6 is 11.3 Å². The van der Waals surface area contributed by atoms with E-state index in [-0.39, 0.29) is 5.56 Å². The molecule has 0 aliphatic rings. The van der Waals surface area contributed by atoms with Crippen molar-refractivity contribution in [3.8, 4) is 11.1 Å². The Bertz CT molecular complexity index is 1110. The van der Waals surface area contributed by atoms with E-state index in [2.05, 4.69) is 55.2 Å². The van der Waals surface area contributed by atoms with Gasteiger partial charge in [0.25, 0.3) is 5.56 Å². The second kappa shape index (κ2) is 6.89. The zero-order valence-electron chi connectivity index (χ0n) is 14.9. The van der Waals surface area contributed by atoms with Crippen LogP contribution in [-0.4, -0.2) is 9.55 Å². The quantitative estimate of drug-likeness (QED) is 0.511. The highest BCUT2D eigenvalue weighted by molar-refractivity contribution is 7.19. The van der Waals surface area contributed by atoms with Crippen LogP contribution in [-0.2, 0) is 13.0 Å². The Morgan fingerprint density at radius 2 is 1.69 bits per heavy atom. The number of aryl methyl sites for hydroxylation is 2. The van der Waals surface area contributed by atoms with Crippen molar-refractivity contribution in [3.63, 3.8) is 0 Å². The van der Waals surface area contributed by atoms with Gasteiger partial charge in [-0.05, 0) is 30.0 Å². The van der Waals surface area contributed by atoms with Gasteiger partial charge in [0.2, 0.25) is 0 Å². The molecule has 0 saturated heterocycles. The zero-order valence-corrected chi connectivity index (χ0v) is 15.7. The summed E-state index contributed by atoms with van der Waals surface area (Å²) in [4.78, 5) is 19.7. The molecule has 130 valence electrons. The molecule has 3 nitrogen and oxygen atoms in total. The van der Waals surface area contributed by atoms with E-state index in [1.165, 1.54) is 5.56 Å². The van der Waals surface area contributed by atoms with Crippen molar-refractivity contribution in [1.29, 1.82) is 0 Å². The highest BCUT2D eigenvalue weighted by Crippen LogP contribution is 2.35. The summed E-state index contributed by atoms with van der Waals surface area (Å²) in [6.07, 6.45) is 2.69. The topological polar surface area (TPSA) is 34.9 Å². The Hall–Kier alpha value is -2.72. The normalized spacial score (nSPS) is 11.2. The Labute approximate surface area is 156 Å². The second-order valence-corrected chi connectivity index (χ2v) is 7.63. The van der Waals surface area contributed by atoms with E-state index in [1.54, 1.807) is 22.2 Å². The molecule has 0 amide bonds. The largest absolute Gasteiger partial charge is 0.294 e. The summed E-state index contributed by atoms with van der Waals surface area (Å²) < 4.78 is 1.71. The minimum absolute atomic E-state index is 0.0257. The lowest BCUT2D eigenvalue weighted by Gasteiger charge is -2.07. The molecule has 4 rings (SSSR count). The number of thiophene rings is 1. The van der Waals surface area contributed by atoms with Gasteiger partial charge in [-0.2, -0.15) is 0 Å². The number of rotatable bonds is 4. The maximum absolute atomic E-state index is 13.2. The molecule has 0 radical (unpaired) electrons. The van der Waals surface area contributed by atoms with E-state index in [0.717, 1.165) is 38.2 Å². The molecule has 0 unspecified atom stereocenters. The lowest BCUT2D eigenvalue weighted by molar-refractivity contribution is 0.749. The van der Waals surface area contributed by atoms with E-state index < -0.39 is 0 Å². The number of hydrogen-bond acceptors (Lipinski definition) is 3. The third-order valence-corrected chi connectivity index (χ3v) is 5.71. The molecule has 2 aromatic heterocycles. The van der Waals surface area contributed by atoms with E-state index in [4.69, 9.17) is 0 Å². The van der Waals surface area contributed by atoms with E-state index >= 15 is 0 Å². The summed E-state index contributed by atoms with van der Waals surface area (Å²) in [7, 11) is 0. The van der Waals surface area contributed by atoms with Crippen LogP contribution in [0.1, 0.15) is 22.9 Å². The molecular weight excluding hydrogens is 340 g/mol. The summed E-state index contributed by atoms with van der Waals surface area (Å²) in [6.45, 7) is 4.73. The van der Waals surface area contributed by atoms with Gasteiger partial charge in [-0.25, -0.2) is 4.98 Å². The fraction of sp³-hybridized carbons (Fsp3) is 0.182. The van der Waals surface area contributed by atoms with E-state index in [1.807, 2.05) is 18.2 Å². The molecule has 0 saturated carbocycles. The molecule has 2 aromatic carbocycles. The summed E-state index contributed by atoms with van der Waals surface area (Å²) in [5, 5.41) is 0.728. The first-order valence-corrected chi connectivity index (χ1v) is 9.60. The van der Waals surface area contributed by atoms with Crippen molar-refractivity contribution in [2.75, 3.05) is 0 Å². The molecule has 0 atom stereocenters. The van der Waals surface area contributed by atoms with Gasteiger partial charge < -0.3 is 0 Å². The molecular formula is C22H20N2OS. The standard InChI is InChI=1S/C22H20N2OS/c1-3-16-9-11-17(12-10-16)13-24-14-23-21-20(22(24)25)19(15(2)26-21)18-7-5-4-6-8-18/h4-12,14H,3,13H2,1-2H3. The molecule has 4 aromatic rings. The molecule has 4 heteroatoms. The number of benzene rings is 2. The number of aromatic nitrogens is 2. The average molecular weight is 360 g/mol. The highest BCUT2D eigenvalue weighted by atomic mass is 32.1. The summed E-state index contributed by atoms with van der Waals surface area (Å²) in [6, 6.07) is 18.5. The lowest BCUT2D eigenvalue weighted by atomic mass is 10.0. The van der Waals surface area contributed by atoms with Crippen molar-refractivity contribution >= 4 is 21.6 Å². The first kappa shape index (κ1) is 16.7. The minimum Gasteiger partial charge on any atom is -0.294 e. The van der Waals surface area contributed by atoms with Crippen molar-refractivity contribution < 1.29 is 0 Å². The predicted molar refractivity (Wildman–Crippen MR) is 109 cm³/mol. The Kier molecular flexibility index (Phi) is 4.43. The maximum atomic E-state index is 13.2. The molecule has 0 fully saturated rings. The number of hydrogen-bond donors (Lipinski definition) is 0. The Morgan fingerprint density at radius 3 is 2.38 bits per heavy atom. The third-order valence-electron chi connectivity index (χ3n) is 4.70. The van der Waals surface area contributed by atoms with Gasteiger partial charge in [0, 0.05) is 10.4 Å². The van der Waals surface area contributed by atoms with Crippen LogP contribution in [0.3, 0.4) is 0 Å². The van der Waals surface area contributed by atoms with Crippen LogP contribution < -0.4 is 5.56 Å². The van der Waals surface area contributed by atoms with Crippen molar-refractivity contribution in [1.82, 2.24) is 9.55 Å². The van der Waals surface area contributed by atoms with Gasteiger partial charge >= 0.3 is 0 Å². The maximum Gasteiger partial charge on any atom is 0.263 e. The first-order valence-electron chi connectivity index (χ1n) is 8.79. The van der Waals surface area contributed by atoms with Crippen LogP contribution in [0.5, 0.6) is 0 Å². The van der Waals surface area contributed by atoms with E-state index in [9.17, 15) is 4.79 Å². The molecule has 2 heterocycles. The van der Waals surface area contributed by atoms with Gasteiger partial charge in [-0.1, -0.05) is 61.5 Å². The van der Waals surface area contributed by atoms with Crippen LogP contribution in [0, 0.1) is 6.92 Å². The Morgan fingerprint density at radius 1 is 1.00 bits per heavy atom. The summed E-state index contributed by atoms with van der Waals surface area (Å²) in [5.74, 6) is 0. The molecule has 0 aliphatic carbocycles. The number of nitrogens with zero attached hydrogens (tertiary/aromatic N) is 2. The SMILES string of the molecule is CCc1ccc(Cn2cnc3sc(C)c(-c4ccccc4)c3c2=O)cc1. The number of fused-ring (bicyclic) bond motifs is 1. The fourth-order valence-electron chi connectivity index (χ4n) is 3.28. The van der Waals surface area contributed by atoms with Crippen molar-refractivity contribution in [2.45, 2.75) is 26.8 Å². The second-order valence-electron chi connectivity index (χ2n) is 6.43. The molecule has 0 aliphatic heterocycles.